The van der Waals surface area contributed by atoms with Crippen molar-refractivity contribution in [2.45, 2.75) is 57.2 Å². The summed E-state index contributed by atoms with van der Waals surface area (Å²) in [4.78, 5) is 4.46. The molecular weight excluding hydrogens is 214 g/mol. The van der Waals surface area contributed by atoms with Gasteiger partial charge in [0.25, 0.3) is 0 Å². The maximum atomic E-state index is 5.64. The standard InChI is InChI=1S/C13H21N3O/c1-10-12(6-9-17-10)16-8-7-14-13(16)15-11-4-2-3-5-11/h7-8,10-12H,2-6,9H2,1H3,(H,14,15). The van der Waals surface area contributed by atoms with E-state index in [2.05, 4.69) is 28.0 Å². The van der Waals surface area contributed by atoms with Crippen LogP contribution in [0.1, 0.15) is 45.1 Å². The first-order valence-corrected chi connectivity index (χ1v) is 6.75. The fourth-order valence-corrected chi connectivity index (χ4v) is 3.03. The Kier molecular flexibility index (Phi) is 3.05. The molecule has 2 aliphatic rings. The normalized spacial score (nSPS) is 29.9. The predicted octanol–water partition coefficient (Wildman–Crippen LogP) is 2.59. The second kappa shape index (κ2) is 4.69. The van der Waals surface area contributed by atoms with Crippen molar-refractivity contribution in [3.63, 3.8) is 0 Å². The minimum atomic E-state index is 0.299. The Morgan fingerprint density at radius 2 is 2.18 bits per heavy atom. The van der Waals surface area contributed by atoms with Gasteiger partial charge in [0.15, 0.2) is 0 Å². The lowest BCUT2D eigenvalue weighted by Gasteiger charge is -2.21. The molecule has 1 saturated heterocycles. The van der Waals surface area contributed by atoms with Gasteiger partial charge in [-0.1, -0.05) is 12.8 Å². The van der Waals surface area contributed by atoms with Gasteiger partial charge in [-0.05, 0) is 26.2 Å². The molecule has 1 aromatic heterocycles. The summed E-state index contributed by atoms with van der Waals surface area (Å²) in [5, 5.41) is 3.58. The molecule has 0 radical (unpaired) electrons. The Hall–Kier alpha value is -1.03. The SMILES string of the molecule is CC1OCCC1n1ccnc1NC1CCCC1. The average Bonchev–Trinajstić information content (AvgIpc) is 3.00. The molecule has 1 aromatic rings. The third kappa shape index (κ3) is 2.18. The van der Waals surface area contributed by atoms with E-state index in [0.29, 0.717) is 18.2 Å². The lowest BCUT2D eigenvalue weighted by atomic mass is 10.1. The van der Waals surface area contributed by atoms with Gasteiger partial charge in [-0.3, -0.25) is 0 Å². The number of imidazole rings is 1. The number of ether oxygens (including phenoxy) is 1. The summed E-state index contributed by atoms with van der Waals surface area (Å²) in [5.74, 6) is 1.03. The van der Waals surface area contributed by atoms with Crippen LogP contribution >= 0.6 is 0 Å². The van der Waals surface area contributed by atoms with Crippen LogP contribution in [0.3, 0.4) is 0 Å². The Labute approximate surface area is 102 Å². The quantitative estimate of drug-likeness (QED) is 0.875. The molecule has 1 saturated carbocycles. The molecule has 0 aromatic carbocycles. The Morgan fingerprint density at radius 3 is 2.88 bits per heavy atom. The Morgan fingerprint density at radius 1 is 1.35 bits per heavy atom. The van der Waals surface area contributed by atoms with Crippen molar-refractivity contribution in [2.75, 3.05) is 11.9 Å². The second-order valence-corrected chi connectivity index (χ2v) is 5.22. The molecule has 94 valence electrons. The molecule has 1 N–H and O–H groups in total. The van der Waals surface area contributed by atoms with Crippen LogP contribution in [0.25, 0.3) is 0 Å². The summed E-state index contributed by atoms with van der Waals surface area (Å²) >= 11 is 0. The molecular formula is C13H21N3O. The van der Waals surface area contributed by atoms with Crippen LogP contribution in [0.2, 0.25) is 0 Å². The van der Waals surface area contributed by atoms with E-state index < -0.39 is 0 Å². The van der Waals surface area contributed by atoms with Crippen LogP contribution in [0, 0.1) is 0 Å². The summed E-state index contributed by atoms with van der Waals surface area (Å²) in [6.07, 6.45) is 10.6. The molecule has 3 rings (SSSR count). The topological polar surface area (TPSA) is 39.1 Å². The number of hydrogen-bond donors (Lipinski definition) is 1. The smallest absolute Gasteiger partial charge is 0.203 e. The number of hydrogen-bond acceptors (Lipinski definition) is 3. The van der Waals surface area contributed by atoms with Gasteiger partial charge in [0.2, 0.25) is 5.95 Å². The summed E-state index contributed by atoms with van der Waals surface area (Å²) in [7, 11) is 0. The third-order valence-electron chi connectivity index (χ3n) is 4.05. The molecule has 0 bridgehead atoms. The molecule has 1 aliphatic heterocycles. The van der Waals surface area contributed by atoms with Gasteiger partial charge in [-0.25, -0.2) is 4.98 Å². The van der Waals surface area contributed by atoms with Crippen LogP contribution in [0.5, 0.6) is 0 Å². The van der Waals surface area contributed by atoms with Crippen LogP contribution in [0.15, 0.2) is 12.4 Å². The van der Waals surface area contributed by atoms with Crippen molar-refractivity contribution < 1.29 is 4.74 Å². The monoisotopic (exact) mass is 235 g/mol. The van der Waals surface area contributed by atoms with Crippen LogP contribution in [-0.2, 0) is 4.74 Å². The molecule has 4 nitrogen and oxygen atoms in total. The van der Waals surface area contributed by atoms with E-state index in [0.717, 1.165) is 19.0 Å². The molecule has 2 fully saturated rings. The van der Waals surface area contributed by atoms with Crippen molar-refractivity contribution in [2.24, 2.45) is 0 Å². The lowest BCUT2D eigenvalue weighted by Crippen LogP contribution is -2.22. The zero-order valence-electron chi connectivity index (χ0n) is 10.4. The van der Waals surface area contributed by atoms with Gasteiger partial charge in [-0.15, -0.1) is 0 Å². The van der Waals surface area contributed by atoms with Gasteiger partial charge in [0.05, 0.1) is 12.1 Å². The minimum absolute atomic E-state index is 0.299. The molecule has 2 heterocycles. The van der Waals surface area contributed by atoms with Crippen LogP contribution in [0.4, 0.5) is 5.95 Å². The summed E-state index contributed by atoms with van der Waals surface area (Å²) in [6.45, 7) is 3.02. The Balaban J connectivity index is 1.74. The van der Waals surface area contributed by atoms with Gasteiger partial charge < -0.3 is 14.6 Å². The first-order valence-electron chi connectivity index (χ1n) is 6.75. The van der Waals surface area contributed by atoms with Crippen molar-refractivity contribution in [1.29, 1.82) is 0 Å². The molecule has 17 heavy (non-hydrogen) atoms. The van der Waals surface area contributed by atoms with E-state index in [1.54, 1.807) is 0 Å². The fraction of sp³-hybridized carbons (Fsp3) is 0.769. The molecule has 0 spiro atoms. The number of anilines is 1. The predicted molar refractivity (Wildman–Crippen MR) is 67.2 cm³/mol. The molecule has 2 unspecified atom stereocenters. The highest BCUT2D eigenvalue weighted by Crippen LogP contribution is 2.29. The average molecular weight is 235 g/mol. The van der Waals surface area contributed by atoms with Crippen molar-refractivity contribution in [1.82, 2.24) is 9.55 Å². The third-order valence-corrected chi connectivity index (χ3v) is 4.05. The lowest BCUT2D eigenvalue weighted by molar-refractivity contribution is 0.108. The van der Waals surface area contributed by atoms with Gasteiger partial charge in [0, 0.05) is 25.0 Å². The van der Waals surface area contributed by atoms with E-state index in [4.69, 9.17) is 4.74 Å². The Bertz CT molecular complexity index is 370. The fourth-order valence-electron chi connectivity index (χ4n) is 3.03. The molecule has 0 amide bonds. The molecule has 1 aliphatic carbocycles. The van der Waals surface area contributed by atoms with Gasteiger partial charge in [0.1, 0.15) is 0 Å². The van der Waals surface area contributed by atoms with E-state index in [-0.39, 0.29) is 0 Å². The maximum Gasteiger partial charge on any atom is 0.203 e. The van der Waals surface area contributed by atoms with E-state index in [1.165, 1.54) is 25.7 Å². The number of aromatic nitrogens is 2. The van der Waals surface area contributed by atoms with Gasteiger partial charge in [-0.2, -0.15) is 0 Å². The van der Waals surface area contributed by atoms with Crippen LogP contribution in [-0.4, -0.2) is 28.3 Å². The van der Waals surface area contributed by atoms with Crippen LogP contribution < -0.4 is 5.32 Å². The van der Waals surface area contributed by atoms with Crippen molar-refractivity contribution in [3.8, 4) is 0 Å². The maximum absolute atomic E-state index is 5.64. The second-order valence-electron chi connectivity index (χ2n) is 5.22. The largest absolute Gasteiger partial charge is 0.376 e. The highest BCUT2D eigenvalue weighted by atomic mass is 16.5. The molecule has 2 atom stereocenters. The highest BCUT2D eigenvalue weighted by Gasteiger charge is 2.28. The first-order chi connectivity index (χ1) is 8.34. The van der Waals surface area contributed by atoms with E-state index in [9.17, 15) is 0 Å². The summed E-state index contributed by atoms with van der Waals surface area (Å²) in [6, 6.07) is 1.06. The first kappa shape index (κ1) is 11.1. The van der Waals surface area contributed by atoms with Crippen molar-refractivity contribution in [3.05, 3.63) is 12.4 Å². The van der Waals surface area contributed by atoms with Crippen molar-refractivity contribution >= 4 is 5.95 Å². The van der Waals surface area contributed by atoms with E-state index >= 15 is 0 Å². The minimum Gasteiger partial charge on any atom is -0.376 e. The number of nitrogens with zero attached hydrogens (tertiary/aromatic N) is 2. The molecule has 4 heteroatoms. The number of nitrogens with one attached hydrogen (secondary N) is 1. The zero-order chi connectivity index (χ0) is 11.7. The summed E-state index contributed by atoms with van der Waals surface area (Å²) in [5.41, 5.74) is 0. The van der Waals surface area contributed by atoms with Gasteiger partial charge >= 0.3 is 0 Å². The van der Waals surface area contributed by atoms with E-state index in [1.807, 2.05) is 6.20 Å². The highest BCUT2D eigenvalue weighted by molar-refractivity contribution is 5.29. The summed E-state index contributed by atoms with van der Waals surface area (Å²) < 4.78 is 7.90. The number of rotatable bonds is 3. The zero-order valence-corrected chi connectivity index (χ0v) is 10.4.